The number of hydrogen-bond donors (Lipinski definition) is 2. The molecule has 1 fully saturated rings. The summed E-state index contributed by atoms with van der Waals surface area (Å²) in [4.78, 5) is 24.5. The highest BCUT2D eigenvalue weighted by atomic mass is 16.5. The Morgan fingerprint density at radius 3 is 2.62 bits per heavy atom. The molecule has 2 N–H and O–H groups in total. The highest BCUT2D eigenvalue weighted by Gasteiger charge is 2.32. The van der Waals surface area contributed by atoms with Crippen molar-refractivity contribution >= 4 is 12.0 Å². The van der Waals surface area contributed by atoms with Crippen LogP contribution in [0.2, 0.25) is 0 Å². The molecule has 1 aliphatic heterocycles. The van der Waals surface area contributed by atoms with Gasteiger partial charge in [-0.25, -0.2) is 9.59 Å². The number of nitrogens with one attached hydrogen (secondary N) is 1. The van der Waals surface area contributed by atoms with E-state index < -0.39 is 12.0 Å². The summed E-state index contributed by atoms with van der Waals surface area (Å²) in [6.45, 7) is 3.15. The zero-order valence-corrected chi connectivity index (χ0v) is 12.0. The SMILES string of the molecule is CCc1ccc(CNC(=O)N2CCOCC2C(=O)O)cc1. The first-order chi connectivity index (χ1) is 10.1. The van der Waals surface area contributed by atoms with Crippen molar-refractivity contribution in [2.75, 3.05) is 19.8 Å². The Bertz CT molecular complexity index is 501. The molecule has 0 aromatic heterocycles. The predicted octanol–water partition coefficient (Wildman–Crippen LogP) is 1.24. The second kappa shape index (κ2) is 7.08. The van der Waals surface area contributed by atoms with Gasteiger partial charge in [-0.05, 0) is 17.5 Å². The van der Waals surface area contributed by atoms with E-state index in [0.29, 0.717) is 13.2 Å². The quantitative estimate of drug-likeness (QED) is 0.875. The van der Waals surface area contributed by atoms with Crippen molar-refractivity contribution in [3.8, 4) is 0 Å². The van der Waals surface area contributed by atoms with Gasteiger partial charge in [-0.1, -0.05) is 31.2 Å². The van der Waals surface area contributed by atoms with E-state index in [2.05, 4.69) is 12.2 Å². The molecule has 0 radical (unpaired) electrons. The predicted molar refractivity (Wildman–Crippen MR) is 77.0 cm³/mol. The van der Waals surface area contributed by atoms with Crippen LogP contribution in [0.3, 0.4) is 0 Å². The Hall–Kier alpha value is -2.08. The summed E-state index contributed by atoms with van der Waals surface area (Å²) < 4.78 is 5.11. The summed E-state index contributed by atoms with van der Waals surface area (Å²) in [6.07, 6.45) is 0.973. The van der Waals surface area contributed by atoms with Crippen LogP contribution in [0.4, 0.5) is 4.79 Å². The van der Waals surface area contributed by atoms with Crippen LogP contribution in [0.15, 0.2) is 24.3 Å². The summed E-state index contributed by atoms with van der Waals surface area (Å²) in [5.74, 6) is -1.04. The number of rotatable bonds is 4. The number of morpholine rings is 1. The second-order valence-electron chi connectivity index (χ2n) is 4.95. The maximum atomic E-state index is 12.1. The second-order valence-corrected chi connectivity index (χ2v) is 4.95. The minimum Gasteiger partial charge on any atom is -0.480 e. The molecule has 0 bridgehead atoms. The molecular weight excluding hydrogens is 272 g/mol. The van der Waals surface area contributed by atoms with E-state index in [1.165, 1.54) is 10.5 Å². The van der Waals surface area contributed by atoms with Crippen molar-refractivity contribution in [2.24, 2.45) is 0 Å². The first kappa shape index (κ1) is 15.3. The lowest BCUT2D eigenvalue weighted by Gasteiger charge is -2.32. The van der Waals surface area contributed by atoms with Gasteiger partial charge in [-0.3, -0.25) is 0 Å². The van der Waals surface area contributed by atoms with Gasteiger partial charge in [0, 0.05) is 13.1 Å². The highest BCUT2D eigenvalue weighted by Crippen LogP contribution is 2.09. The molecule has 1 aliphatic rings. The molecule has 2 amide bonds. The number of urea groups is 1. The van der Waals surface area contributed by atoms with Crippen molar-refractivity contribution in [3.05, 3.63) is 35.4 Å². The molecule has 1 unspecified atom stereocenters. The third kappa shape index (κ3) is 3.95. The molecule has 21 heavy (non-hydrogen) atoms. The van der Waals surface area contributed by atoms with Crippen molar-refractivity contribution < 1.29 is 19.4 Å². The summed E-state index contributed by atoms with van der Waals surface area (Å²) in [7, 11) is 0. The lowest BCUT2D eigenvalue weighted by atomic mass is 10.1. The van der Waals surface area contributed by atoms with Gasteiger partial charge in [0.15, 0.2) is 6.04 Å². The number of aliphatic carboxylic acids is 1. The fraction of sp³-hybridized carbons (Fsp3) is 0.467. The molecule has 1 heterocycles. The largest absolute Gasteiger partial charge is 0.480 e. The number of carbonyl (C=O) groups excluding carboxylic acids is 1. The van der Waals surface area contributed by atoms with Gasteiger partial charge in [0.2, 0.25) is 0 Å². The molecule has 1 atom stereocenters. The lowest BCUT2D eigenvalue weighted by molar-refractivity contribution is -0.147. The molecule has 6 heteroatoms. The Balaban J connectivity index is 1.91. The van der Waals surface area contributed by atoms with E-state index in [1.54, 1.807) is 0 Å². The van der Waals surface area contributed by atoms with Gasteiger partial charge in [-0.15, -0.1) is 0 Å². The topological polar surface area (TPSA) is 78.9 Å². The molecule has 2 rings (SSSR count). The molecular formula is C15H20N2O4. The fourth-order valence-corrected chi connectivity index (χ4v) is 2.22. The van der Waals surface area contributed by atoms with Crippen molar-refractivity contribution in [3.63, 3.8) is 0 Å². The molecule has 1 saturated heterocycles. The number of carboxylic acids is 1. The molecule has 6 nitrogen and oxygen atoms in total. The zero-order chi connectivity index (χ0) is 15.2. The van der Waals surface area contributed by atoms with Gasteiger partial charge in [0.05, 0.1) is 13.2 Å². The monoisotopic (exact) mass is 292 g/mol. The third-order valence-electron chi connectivity index (χ3n) is 3.55. The van der Waals surface area contributed by atoms with Crippen LogP contribution in [0.5, 0.6) is 0 Å². The number of nitrogens with zero attached hydrogens (tertiary/aromatic N) is 1. The van der Waals surface area contributed by atoms with Gasteiger partial charge in [0.1, 0.15) is 0 Å². The molecule has 0 aliphatic carbocycles. The number of carboxylic acid groups (broad SMARTS) is 1. The average Bonchev–Trinajstić information content (AvgIpc) is 2.53. The van der Waals surface area contributed by atoms with Crippen LogP contribution in [0.1, 0.15) is 18.1 Å². The van der Waals surface area contributed by atoms with E-state index in [4.69, 9.17) is 9.84 Å². The highest BCUT2D eigenvalue weighted by molar-refractivity contribution is 5.83. The van der Waals surface area contributed by atoms with Crippen LogP contribution in [-0.4, -0.2) is 47.8 Å². The number of ether oxygens (including phenoxy) is 1. The first-order valence-corrected chi connectivity index (χ1v) is 7.04. The van der Waals surface area contributed by atoms with Gasteiger partial charge < -0.3 is 20.1 Å². The molecule has 1 aromatic carbocycles. The Morgan fingerprint density at radius 2 is 2.00 bits per heavy atom. The Morgan fingerprint density at radius 1 is 1.33 bits per heavy atom. The van der Waals surface area contributed by atoms with E-state index in [-0.39, 0.29) is 19.2 Å². The number of carbonyl (C=O) groups is 2. The normalized spacial score (nSPS) is 18.3. The van der Waals surface area contributed by atoms with Crippen LogP contribution >= 0.6 is 0 Å². The van der Waals surface area contributed by atoms with E-state index >= 15 is 0 Å². The van der Waals surface area contributed by atoms with Crippen molar-refractivity contribution in [1.82, 2.24) is 10.2 Å². The lowest BCUT2D eigenvalue weighted by Crippen LogP contribution is -2.55. The van der Waals surface area contributed by atoms with Crippen molar-refractivity contribution in [2.45, 2.75) is 25.9 Å². The summed E-state index contributed by atoms with van der Waals surface area (Å²) >= 11 is 0. The molecule has 0 saturated carbocycles. The van der Waals surface area contributed by atoms with E-state index in [9.17, 15) is 9.59 Å². The number of hydrogen-bond acceptors (Lipinski definition) is 3. The van der Waals surface area contributed by atoms with Crippen LogP contribution in [0.25, 0.3) is 0 Å². The minimum atomic E-state index is -1.04. The fourth-order valence-electron chi connectivity index (χ4n) is 2.22. The van der Waals surface area contributed by atoms with Crippen LogP contribution in [-0.2, 0) is 22.5 Å². The maximum Gasteiger partial charge on any atom is 0.328 e. The smallest absolute Gasteiger partial charge is 0.328 e. The van der Waals surface area contributed by atoms with Crippen LogP contribution in [0, 0.1) is 0 Å². The molecule has 114 valence electrons. The molecule has 0 spiro atoms. The van der Waals surface area contributed by atoms with Gasteiger partial charge in [0.25, 0.3) is 0 Å². The van der Waals surface area contributed by atoms with E-state index in [1.807, 2.05) is 24.3 Å². The first-order valence-electron chi connectivity index (χ1n) is 7.04. The number of aryl methyl sites for hydroxylation is 1. The minimum absolute atomic E-state index is 0.0357. The Kier molecular flexibility index (Phi) is 5.16. The van der Waals surface area contributed by atoms with E-state index in [0.717, 1.165) is 12.0 Å². The summed E-state index contributed by atoms with van der Waals surface area (Å²) in [6, 6.07) is 6.69. The summed E-state index contributed by atoms with van der Waals surface area (Å²) in [5.41, 5.74) is 2.23. The van der Waals surface area contributed by atoms with Crippen LogP contribution < -0.4 is 5.32 Å². The third-order valence-corrected chi connectivity index (χ3v) is 3.55. The average molecular weight is 292 g/mol. The summed E-state index contributed by atoms with van der Waals surface area (Å²) in [5, 5.41) is 11.9. The Labute approximate surface area is 123 Å². The van der Waals surface area contributed by atoms with Gasteiger partial charge in [-0.2, -0.15) is 0 Å². The number of amides is 2. The van der Waals surface area contributed by atoms with Crippen molar-refractivity contribution in [1.29, 1.82) is 0 Å². The molecule has 1 aromatic rings. The zero-order valence-electron chi connectivity index (χ0n) is 12.0. The standard InChI is InChI=1S/C15H20N2O4/c1-2-11-3-5-12(6-4-11)9-16-15(20)17-7-8-21-10-13(17)14(18)19/h3-6,13H,2,7-10H2,1H3,(H,16,20)(H,18,19). The maximum absolute atomic E-state index is 12.1. The number of benzene rings is 1. The van der Waals surface area contributed by atoms with Gasteiger partial charge >= 0.3 is 12.0 Å².